The lowest BCUT2D eigenvalue weighted by Gasteiger charge is -2.64. The van der Waals surface area contributed by atoms with Gasteiger partial charge in [-0.1, -0.05) is 48.5 Å². The predicted molar refractivity (Wildman–Crippen MR) is 166 cm³/mol. The second kappa shape index (κ2) is 9.46. The van der Waals surface area contributed by atoms with Crippen LogP contribution in [0.4, 0.5) is 0 Å². The highest BCUT2D eigenvalue weighted by atomic mass is 16.6. The lowest BCUT2D eigenvalue weighted by molar-refractivity contribution is -0.184. The molecule has 0 bridgehead atoms. The van der Waals surface area contributed by atoms with Crippen LogP contribution in [-0.2, 0) is 23.8 Å². The molecule has 1 saturated heterocycles. The zero-order valence-corrected chi connectivity index (χ0v) is 28.9. The van der Waals surface area contributed by atoms with Crippen LogP contribution in [-0.4, -0.2) is 47.6 Å². The molecule has 0 spiro atoms. The fourth-order valence-corrected chi connectivity index (χ4v) is 13.4. The predicted octanol–water partition coefficient (Wildman–Crippen LogP) is 8.20. The van der Waals surface area contributed by atoms with Gasteiger partial charge in [-0.05, 0) is 118 Å². The van der Waals surface area contributed by atoms with Crippen LogP contribution >= 0.6 is 0 Å². The summed E-state index contributed by atoms with van der Waals surface area (Å²) in [7, 11) is 1.91. The molecule has 1 aliphatic heterocycles. The Morgan fingerprint density at radius 1 is 0.791 bits per heavy atom. The van der Waals surface area contributed by atoms with E-state index in [1.54, 1.807) is 13.8 Å². The summed E-state index contributed by atoms with van der Waals surface area (Å²) in [6, 6.07) is 0. The van der Waals surface area contributed by atoms with E-state index in [9.17, 15) is 14.7 Å². The van der Waals surface area contributed by atoms with Gasteiger partial charge in [0.25, 0.3) is 0 Å². The standard InChI is InChI=1S/C37H60O6/c1-30(2,29(39)40)21-28(38)42-27-15-18-35(9)24(32(27,5)6)12-19-36-22-33(7)16-11-23-31(3,4)26(41-10)14-17-34(23,8)25(33)13-20-37(35,36)43-36/h23-27H,11-22H2,1-10H3,(H,39,40)/t23?,24-,25?,26+,27+,33-,34-,35-,36+,37+/m0/s1. The van der Waals surface area contributed by atoms with Crippen LogP contribution in [0.2, 0.25) is 0 Å². The Labute approximate surface area is 260 Å². The van der Waals surface area contributed by atoms with Crippen LogP contribution in [0.1, 0.15) is 139 Å². The molecule has 6 fully saturated rings. The van der Waals surface area contributed by atoms with Crippen molar-refractivity contribution >= 4 is 11.9 Å². The number of fused-ring (bicyclic) bond motifs is 4. The molecular formula is C37H60O6. The first-order valence-electron chi connectivity index (χ1n) is 17.4. The van der Waals surface area contributed by atoms with E-state index >= 15 is 0 Å². The molecular weight excluding hydrogens is 540 g/mol. The maximum absolute atomic E-state index is 13.0. The summed E-state index contributed by atoms with van der Waals surface area (Å²) in [5, 5.41) is 9.55. The van der Waals surface area contributed by atoms with E-state index < -0.39 is 11.4 Å². The number of hydrogen-bond acceptors (Lipinski definition) is 5. The summed E-state index contributed by atoms with van der Waals surface area (Å²) in [4.78, 5) is 24.6. The van der Waals surface area contributed by atoms with Crippen LogP contribution < -0.4 is 0 Å². The Morgan fingerprint density at radius 2 is 1.40 bits per heavy atom. The molecule has 6 heteroatoms. The van der Waals surface area contributed by atoms with Crippen LogP contribution in [0.25, 0.3) is 0 Å². The number of hydrogen-bond donors (Lipinski definition) is 1. The molecule has 43 heavy (non-hydrogen) atoms. The van der Waals surface area contributed by atoms with E-state index in [2.05, 4.69) is 48.5 Å². The first-order valence-corrected chi connectivity index (χ1v) is 17.4. The highest BCUT2D eigenvalue weighted by Gasteiger charge is 2.83. The number of epoxide rings is 1. The van der Waals surface area contributed by atoms with Crippen molar-refractivity contribution in [3.63, 3.8) is 0 Å². The zero-order valence-electron chi connectivity index (χ0n) is 28.9. The minimum atomic E-state index is -1.13. The average Bonchev–Trinajstić information content (AvgIpc) is 3.55. The molecule has 244 valence electrons. The van der Waals surface area contributed by atoms with Gasteiger partial charge in [0.2, 0.25) is 0 Å². The minimum Gasteiger partial charge on any atom is -0.481 e. The number of ether oxygens (including phenoxy) is 3. The monoisotopic (exact) mass is 600 g/mol. The second-order valence-corrected chi connectivity index (χ2v) is 18.7. The molecule has 5 saturated carbocycles. The lowest BCUT2D eigenvalue weighted by Crippen LogP contribution is -2.60. The van der Waals surface area contributed by atoms with Gasteiger partial charge >= 0.3 is 11.9 Å². The Kier molecular flexibility index (Phi) is 7.00. The Balaban J connectivity index is 1.26. The number of carbonyl (C=O) groups excluding carboxylic acids is 1. The molecule has 0 radical (unpaired) electrons. The topological polar surface area (TPSA) is 85.4 Å². The lowest BCUT2D eigenvalue weighted by atomic mass is 9.41. The SMILES string of the molecule is CO[C@@H]1CC[C@@]2(C)C(CC[C@@]3(C)C[C@]45CC[C@H]6C(C)(C)[C@H](OC(=O)CC(C)(C)C(=O)O)CC[C@]6(C)[C@@]4(CCC32)O5)C1(C)C. The molecule has 1 heterocycles. The third kappa shape index (κ3) is 4.16. The van der Waals surface area contributed by atoms with Crippen molar-refractivity contribution in [1.29, 1.82) is 0 Å². The number of aliphatic carboxylic acids is 1. The number of carboxylic acids is 1. The van der Waals surface area contributed by atoms with Gasteiger partial charge < -0.3 is 19.3 Å². The fraction of sp³-hybridized carbons (Fsp3) is 0.946. The van der Waals surface area contributed by atoms with Gasteiger partial charge in [-0.15, -0.1) is 0 Å². The van der Waals surface area contributed by atoms with Crippen molar-refractivity contribution in [2.75, 3.05) is 7.11 Å². The molecule has 0 aromatic carbocycles. The van der Waals surface area contributed by atoms with Crippen molar-refractivity contribution in [3.8, 4) is 0 Å². The molecule has 0 aromatic heterocycles. The number of rotatable bonds is 5. The van der Waals surface area contributed by atoms with Gasteiger partial charge in [0.15, 0.2) is 0 Å². The van der Waals surface area contributed by atoms with E-state index in [4.69, 9.17) is 14.2 Å². The second-order valence-electron chi connectivity index (χ2n) is 18.7. The number of carbonyl (C=O) groups is 2. The fourth-order valence-electron chi connectivity index (χ4n) is 13.4. The summed E-state index contributed by atoms with van der Waals surface area (Å²) in [6.07, 6.45) is 12.6. The Bertz CT molecular complexity index is 1170. The molecule has 2 unspecified atom stereocenters. The smallest absolute Gasteiger partial charge is 0.309 e. The maximum Gasteiger partial charge on any atom is 0.309 e. The number of esters is 1. The van der Waals surface area contributed by atoms with E-state index in [-0.39, 0.29) is 45.9 Å². The van der Waals surface area contributed by atoms with E-state index in [1.807, 2.05) is 7.11 Å². The molecule has 0 aromatic rings. The first-order chi connectivity index (χ1) is 19.7. The molecule has 5 aliphatic carbocycles. The van der Waals surface area contributed by atoms with Gasteiger partial charge in [0, 0.05) is 17.9 Å². The van der Waals surface area contributed by atoms with E-state index in [1.165, 1.54) is 32.1 Å². The average molecular weight is 601 g/mol. The molecule has 1 N–H and O–H groups in total. The van der Waals surface area contributed by atoms with Gasteiger partial charge in [-0.2, -0.15) is 0 Å². The van der Waals surface area contributed by atoms with Gasteiger partial charge in [-0.25, -0.2) is 0 Å². The molecule has 6 nitrogen and oxygen atoms in total. The summed E-state index contributed by atoms with van der Waals surface area (Å²) < 4.78 is 19.4. The van der Waals surface area contributed by atoms with Gasteiger partial charge in [0.1, 0.15) is 11.7 Å². The quantitative estimate of drug-likeness (QED) is 0.253. The van der Waals surface area contributed by atoms with Crippen molar-refractivity contribution in [1.82, 2.24) is 0 Å². The third-order valence-corrected chi connectivity index (χ3v) is 15.6. The van der Waals surface area contributed by atoms with Crippen LogP contribution in [0, 0.1) is 50.2 Å². The van der Waals surface area contributed by atoms with Crippen molar-refractivity contribution in [2.24, 2.45) is 50.2 Å². The number of methoxy groups -OCH3 is 1. The summed E-state index contributed by atoms with van der Waals surface area (Å²) in [6.45, 7) is 20.5. The van der Waals surface area contributed by atoms with E-state index in [0.717, 1.165) is 38.5 Å². The number of carboxylic acid groups (broad SMARTS) is 1. The molecule has 6 aliphatic rings. The van der Waals surface area contributed by atoms with Crippen molar-refractivity contribution in [2.45, 2.75) is 163 Å². The largest absolute Gasteiger partial charge is 0.481 e. The molecule has 10 atom stereocenters. The van der Waals surface area contributed by atoms with Gasteiger partial charge in [-0.3, -0.25) is 9.59 Å². The minimum absolute atomic E-state index is 0.0186. The third-order valence-electron chi connectivity index (χ3n) is 15.6. The van der Waals surface area contributed by atoms with Crippen molar-refractivity contribution < 1.29 is 28.9 Å². The summed E-state index contributed by atoms with van der Waals surface area (Å²) >= 11 is 0. The highest BCUT2D eigenvalue weighted by molar-refractivity contribution is 5.81. The highest BCUT2D eigenvalue weighted by Crippen LogP contribution is 2.80. The zero-order chi connectivity index (χ0) is 31.6. The van der Waals surface area contributed by atoms with Crippen LogP contribution in [0.15, 0.2) is 0 Å². The molecule has 0 amide bonds. The summed E-state index contributed by atoms with van der Waals surface area (Å²) in [5.41, 5.74) is -0.594. The first kappa shape index (κ1) is 31.8. The van der Waals surface area contributed by atoms with Crippen LogP contribution in [0.5, 0.6) is 0 Å². The normalized spacial score (nSPS) is 49.6. The Hall–Kier alpha value is -1.14. The Morgan fingerprint density at radius 3 is 2.05 bits per heavy atom. The van der Waals surface area contributed by atoms with E-state index in [0.29, 0.717) is 34.7 Å². The molecule has 6 rings (SSSR count). The summed E-state index contributed by atoms with van der Waals surface area (Å²) in [5.74, 6) is 0.417. The maximum atomic E-state index is 13.0. The van der Waals surface area contributed by atoms with Crippen LogP contribution in [0.3, 0.4) is 0 Å². The van der Waals surface area contributed by atoms with Crippen molar-refractivity contribution in [3.05, 3.63) is 0 Å². The van der Waals surface area contributed by atoms with Gasteiger partial charge in [0.05, 0.1) is 23.5 Å².